The first-order valence-corrected chi connectivity index (χ1v) is 7.20. The van der Waals surface area contributed by atoms with Gasteiger partial charge in [-0.25, -0.2) is 0 Å². The number of rotatable bonds is 4. The van der Waals surface area contributed by atoms with Gasteiger partial charge in [-0.2, -0.15) is 0 Å². The van der Waals surface area contributed by atoms with Crippen molar-refractivity contribution in [2.45, 2.75) is 24.8 Å². The molecule has 20 heavy (non-hydrogen) atoms. The van der Waals surface area contributed by atoms with E-state index in [-0.39, 0.29) is 0 Å². The van der Waals surface area contributed by atoms with Gasteiger partial charge in [0.15, 0.2) is 0 Å². The Balaban J connectivity index is 1.84. The van der Waals surface area contributed by atoms with Crippen LogP contribution in [0.5, 0.6) is 5.75 Å². The Morgan fingerprint density at radius 1 is 1.10 bits per heavy atom. The van der Waals surface area contributed by atoms with Crippen LogP contribution in [0.15, 0.2) is 48.5 Å². The predicted octanol–water partition coefficient (Wildman–Crippen LogP) is 3.17. The third-order valence-corrected chi connectivity index (χ3v) is 4.37. The van der Waals surface area contributed by atoms with E-state index in [9.17, 15) is 0 Å². The summed E-state index contributed by atoms with van der Waals surface area (Å²) in [7, 11) is 3.77. The molecule has 1 aliphatic carbocycles. The van der Waals surface area contributed by atoms with Crippen LogP contribution in [-0.4, -0.2) is 20.2 Å². The normalized spacial score (nSPS) is 20.7. The maximum Gasteiger partial charge on any atom is 0.118 e. The van der Waals surface area contributed by atoms with E-state index in [1.807, 2.05) is 12.1 Å². The fourth-order valence-corrected chi connectivity index (χ4v) is 3.25. The fourth-order valence-electron chi connectivity index (χ4n) is 3.25. The average Bonchev–Trinajstić information content (AvgIpc) is 2.86. The molecule has 3 rings (SSSR count). The number of hydrogen-bond acceptors (Lipinski definition) is 2. The van der Waals surface area contributed by atoms with Crippen LogP contribution in [0.4, 0.5) is 0 Å². The zero-order valence-corrected chi connectivity index (χ0v) is 12.1. The fraction of sp³-hybridized carbons (Fsp3) is 0.333. The third-order valence-electron chi connectivity index (χ3n) is 4.37. The number of ether oxygens (including phenoxy) is 1. The number of nitrogens with one attached hydrogen (secondary N) is 1. The summed E-state index contributed by atoms with van der Waals surface area (Å²) in [5.41, 5.74) is 4.36. The first-order valence-electron chi connectivity index (χ1n) is 7.20. The molecule has 0 spiro atoms. The second-order valence-corrected chi connectivity index (χ2v) is 5.46. The molecule has 0 aliphatic heterocycles. The number of benzene rings is 2. The molecule has 104 valence electrons. The Labute approximate surface area is 120 Å². The van der Waals surface area contributed by atoms with Crippen molar-refractivity contribution in [2.24, 2.45) is 0 Å². The maximum absolute atomic E-state index is 5.23. The predicted molar refractivity (Wildman–Crippen MR) is 82.4 cm³/mol. The van der Waals surface area contributed by atoms with Gasteiger partial charge in [0.25, 0.3) is 0 Å². The highest BCUT2D eigenvalue weighted by atomic mass is 16.5. The zero-order chi connectivity index (χ0) is 13.9. The molecule has 2 heteroatoms. The molecule has 2 aromatic rings. The highest BCUT2D eigenvalue weighted by Crippen LogP contribution is 2.35. The molecular formula is C18H21NO. The molecule has 0 amide bonds. The summed E-state index contributed by atoms with van der Waals surface area (Å²) in [6.07, 6.45) is 2.21. The van der Waals surface area contributed by atoms with Crippen LogP contribution in [0.25, 0.3) is 0 Å². The van der Waals surface area contributed by atoms with E-state index >= 15 is 0 Å². The van der Waals surface area contributed by atoms with Gasteiger partial charge < -0.3 is 10.1 Å². The van der Waals surface area contributed by atoms with E-state index in [1.54, 1.807) is 7.11 Å². The quantitative estimate of drug-likeness (QED) is 0.918. The van der Waals surface area contributed by atoms with E-state index in [4.69, 9.17) is 4.74 Å². The Morgan fingerprint density at radius 2 is 1.85 bits per heavy atom. The highest BCUT2D eigenvalue weighted by Gasteiger charge is 2.30. The van der Waals surface area contributed by atoms with E-state index < -0.39 is 0 Å². The Hall–Kier alpha value is -1.80. The van der Waals surface area contributed by atoms with Gasteiger partial charge in [-0.3, -0.25) is 0 Å². The van der Waals surface area contributed by atoms with Crippen molar-refractivity contribution < 1.29 is 4.74 Å². The molecular weight excluding hydrogens is 246 g/mol. The Morgan fingerprint density at radius 3 is 2.55 bits per heavy atom. The van der Waals surface area contributed by atoms with Crippen molar-refractivity contribution in [3.63, 3.8) is 0 Å². The lowest BCUT2D eigenvalue weighted by Gasteiger charge is -2.20. The van der Waals surface area contributed by atoms with Crippen LogP contribution in [0, 0.1) is 0 Å². The maximum atomic E-state index is 5.23. The monoisotopic (exact) mass is 267 g/mol. The summed E-state index contributed by atoms with van der Waals surface area (Å²) in [6.45, 7) is 0. The lowest BCUT2D eigenvalue weighted by Crippen LogP contribution is -2.30. The largest absolute Gasteiger partial charge is 0.497 e. The van der Waals surface area contributed by atoms with Crippen LogP contribution in [0.1, 0.15) is 22.6 Å². The molecule has 1 N–H and O–H groups in total. The number of hydrogen-bond donors (Lipinski definition) is 1. The van der Waals surface area contributed by atoms with E-state index in [2.05, 4.69) is 48.8 Å². The van der Waals surface area contributed by atoms with Crippen molar-refractivity contribution in [1.29, 1.82) is 0 Å². The van der Waals surface area contributed by atoms with Gasteiger partial charge in [0, 0.05) is 12.0 Å². The molecule has 0 heterocycles. The molecule has 0 bridgehead atoms. The second kappa shape index (κ2) is 5.68. The molecule has 0 saturated carbocycles. The first-order chi connectivity index (χ1) is 9.81. The molecule has 0 saturated heterocycles. The first kappa shape index (κ1) is 13.2. The van der Waals surface area contributed by atoms with Gasteiger partial charge in [0.05, 0.1) is 7.11 Å². The minimum atomic E-state index is 0.537. The molecule has 2 nitrogen and oxygen atoms in total. The van der Waals surface area contributed by atoms with Gasteiger partial charge >= 0.3 is 0 Å². The minimum Gasteiger partial charge on any atom is -0.497 e. The van der Waals surface area contributed by atoms with Crippen LogP contribution in [-0.2, 0) is 12.8 Å². The van der Waals surface area contributed by atoms with E-state index in [0.29, 0.717) is 12.0 Å². The smallest absolute Gasteiger partial charge is 0.118 e. The molecule has 1 aliphatic rings. The van der Waals surface area contributed by atoms with Crippen LogP contribution >= 0.6 is 0 Å². The zero-order valence-electron chi connectivity index (χ0n) is 12.1. The Bertz CT molecular complexity index is 576. The molecule has 2 aromatic carbocycles. The average molecular weight is 267 g/mol. The summed E-state index contributed by atoms with van der Waals surface area (Å²) in [6, 6.07) is 17.8. The molecule has 0 fully saturated rings. The lowest BCUT2D eigenvalue weighted by molar-refractivity contribution is 0.414. The van der Waals surface area contributed by atoms with Crippen molar-refractivity contribution >= 4 is 0 Å². The third kappa shape index (κ3) is 2.44. The van der Waals surface area contributed by atoms with Crippen molar-refractivity contribution in [3.05, 3.63) is 65.2 Å². The highest BCUT2D eigenvalue weighted by molar-refractivity contribution is 5.39. The van der Waals surface area contributed by atoms with Crippen LogP contribution in [0.2, 0.25) is 0 Å². The number of fused-ring (bicyclic) bond motifs is 1. The topological polar surface area (TPSA) is 21.3 Å². The van der Waals surface area contributed by atoms with Gasteiger partial charge in [-0.1, -0.05) is 36.4 Å². The second-order valence-electron chi connectivity index (χ2n) is 5.46. The summed E-state index contributed by atoms with van der Waals surface area (Å²) in [5, 5.41) is 3.48. The number of likely N-dealkylation sites (N-methyl/N-ethyl adjacent to an activating group) is 1. The SMILES string of the molecule is CNC1Cc2ccccc2C1Cc1ccc(OC)cc1. The summed E-state index contributed by atoms with van der Waals surface area (Å²) >= 11 is 0. The molecule has 0 radical (unpaired) electrons. The van der Waals surface area contributed by atoms with Crippen molar-refractivity contribution in [2.75, 3.05) is 14.2 Å². The van der Waals surface area contributed by atoms with Gasteiger partial charge in [-0.15, -0.1) is 0 Å². The van der Waals surface area contributed by atoms with Gasteiger partial charge in [0.2, 0.25) is 0 Å². The summed E-state index contributed by atoms with van der Waals surface area (Å²) < 4.78 is 5.23. The minimum absolute atomic E-state index is 0.537. The van der Waals surface area contributed by atoms with E-state index in [0.717, 1.165) is 18.6 Å². The van der Waals surface area contributed by atoms with Gasteiger partial charge in [-0.05, 0) is 48.7 Å². The van der Waals surface area contributed by atoms with Crippen molar-refractivity contribution in [3.8, 4) is 5.75 Å². The molecule has 2 atom stereocenters. The lowest BCUT2D eigenvalue weighted by atomic mass is 9.91. The van der Waals surface area contributed by atoms with Crippen LogP contribution in [0.3, 0.4) is 0 Å². The van der Waals surface area contributed by atoms with Crippen molar-refractivity contribution in [1.82, 2.24) is 5.32 Å². The summed E-state index contributed by atoms with van der Waals surface area (Å²) in [5.74, 6) is 1.48. The van der Waals surface area contributed by atoms with E-state index in [1.165, 1.54) is 16.7 Å². The molecule has 2 unspecified atom stereocenters. The number of methoxy groups -OCH3 is 1. The van der Waals surface area contributed by atoms with Crippen LogP contribution < -0.4 is 10.1 Å². The Kier molecular flexibility index (Phi) is 3.75. The van der Waals surface area contributed by atoms with Gasteiger partial charge in [0.1, 0.15) is 5.75 Å². The molecule has 0 aromatic heterocycles. The summed E-state index contributed by atoms with van der Waals surface area (Å²) in [4.78, 5) is 0. The standard InChI is InChI=1S/C18H21NO/c1-19-18-12-14-5-3-4-6-16(14)17(18)11-13-7-9-15(20-2)10-8-13/h3-10,17-19H,11-12H2,1-2H3.